The van der Waals surface area contributed by atoms with E-state index in [0.717, 1.165) is 12.0 Å². The van der Waals surface area contributed by atoms with Crippen LogP contribution in [0.4, 0.5) is 5.69 Å². The highest BCUT2D eigenvalue weighted by atomic mass is 16.5. The monoisotopic (exact) mass is 268 g/mol. The standard InChI is InChI=1S/C14H24N2O3/c1-11(16(5-7-17)6-8-18)9-12-3-4-14(19-2)13(15)10-12/h3-4,10-11,17-18H,5-9,15H2,1-2H3. The summed E-state index contributed by atoms with van der Waals surface area (Å²) in [7, 11) is 1.60. The van der Waals surface area contributed by atoms with Crippen molar-refractivity contribution in [3.05, 3.63) is 23.8 Å². The number of nitrogens with zero attached hydrogens (tertiary/aromatic N) is 1. The van der Waals surface area contributed by atoms with Gasteiger partial charge in [0.05, 0.1) is 26.0 Å². The Morgan fingerprint density at radius 2 is 1.89 bits per heavy atom. The molecule has 1 rings (SSSR count). The number of hydrogen-bond acceptors (Lipinski definition) is 5. The first-order chi connectivity index (χ1) is 9.12. The summed E-state index contributed by atoms with van der Waals surface area (Å²) < 4.78 is 5.13. The SMILES string of the molecule is COc1ccc(CC(C)N(CCO)CCO)cc1N. The van der Waals surface area contributed by atoms with Crippen molar-refractivity contribution in [1.82, 2.24) is 4.90 Å². The maximum absolute atomic E-state index is 9.03. The van der Waals surface area contributed by atoms with Crippen LogP contribution in [0.25, 0.3) is 0 Å². The van der Waals surface area contributed by atoms with Crippen molar-refractivity contribution in [1.29, 1.82) is 0 Å². The molecule has 0 bridgehead atoms. The van der Waals surface area contributed by atoms with Gasteiger partial charge in [0.15, 0.2) is 0 Å². The van der Waals surface area contributed by atoms with E-state index in [1.54, 1.807) is 7.11 Å². The van der Waals surface area contributed by atoms with Crippen LogP contribution >= 0.6 is 0 Å². The first kappa shape index (κ1) is 15.8. The Balaban J connectivity index is 2.68. The zero-order chi connectivity index (χ0) is 14.3. The second-order valence-electron chi connectivity index (χ2n) is 4.61. The van der Waals surface area contributed by atoms with Crippen LogP contribution in [-0.4, -0.2) is 54.6 Å². The largest absolute Gasteiger partial charge is 0.495 e. The first-order valence-electron chi connectivity index (χ1n) is 6.50. The summed E-state index contributed by atoms with van der Waals surface area (Å²) in [6.07, 6.45) is 0.814. The molecule has 0 amide bonds. The Morgan fingerprint density at radius 1 is 1.26 bits per heavy atom. The van der Waals surface area contributed by atoms with Gasteiger partial charge in [-0.05, 0) is 31.0 Å². The lowest BCUT2D eigenvalue weighted by molar-refractivity contribution is 0.128. The predicted molar refractivity (Wildman–Crippen MR) is 76.3 cm³/mol. The van der Waals surface area contributed by atoms with Crippen molar-refractivity contribution < 1.29 is 14.9 Å². The van der Waals surface area contributed by atoms with E-state index in [2.05, 4.69) is 11.8 Å². The van der Waals surface area contributed by atoms with Crippen LogP contribution in [0.1, 0.15) is 12.5 Å². The van der Waals surface area contributed by atoms with Gasteiger partial charge in [0.1, 0.15) is 5.75 Å². The van der Waals surface area contributed by atoms with Crippen LogP contribution in [0, 0.1) is 0 Å². The third-order valence-electron chi connectivity index (χ3n) is 3.22. The minimum absolute atomic E-state index is 0.0924. The van der Waals surface area contributed by atoms with Gasteiger partial charge in [-0.3, -0.25) is 4.90 Å². The number of aliphatic hydroxyl groups excluding tert-OH is 2. The van der Waals surface area contributed by atoms with Gasteiger partial charge in [-0.2, -0.15) is 0 Å². The van der Waals surface area contributed by atoms with Gasteiger partial charge in [-0.15, -0.1) is 0 Å². The lowest BCUT2D eigenvalue weighted by atomic mass is 10.0. The minimum Gasteiger partial charge on any atom is -0.495 e. The molecule has 4 N–H and O–H groups in total. The number of rotatable bonds is 8. The molecule has 0 fully saturated rings. The molecule has 0 spiro atoms. The molecule has 1 atom stereocenters. The Hall–Kier alpha value is -1.30. The van der Waals surface area contributed by atoms with E-state index in [4.69, 9.17) is 20.7 Å². The molecule has 0 saturated carbocycles. The summed E-state index contributed by atoms with van der Waals surface area (Å²) in [6, 6.07) is 5.99. The van der Waals surface area contributed by atoms with E-state index in [9.17, 15) is 0 Å². The highest BCUT2D eigenvalue weighted by Gasteiger charge is 2.14. The molecule has 0 aliphatic carbocycles. The topological polar surface area (TPSA) is 79.0 Å². The molecule has 1 aromatic rings. The number of anilines is 1. The summed E-state index contributed by atoms with van der Waals surface area (Å²) in [4.78, 5) is 2.06. The summed E-state index contributed by atoms with van der Waals surface area (Å²) in [5.74, 6) is 0.680. The fraction of sp³-hybridized carbons (Fsp3) is 0.571. The average molecular weight is 268 g/mol. The van der Waals surface area contributed by atoms with Crippen LogP contribution < -0.4 is 10.5 Å². The van der Waals surface area contributed by atoms with Crippen molar-refractivity contribution in [3.63, 3.8) is 0 Å². The third kappa shape index (κ3) is 4.70. The number of nitrogens with two attached hydrogens (primary N) is 1. The van der Waals surface area contributed by atoms with E-state index in [1.807, 2.05) is 18.2 Å². The van der Waals surface area contributed by atoms with Crippen LogP contribution in [-0.2, 0) is 6.42 Å². The van der Waals surface area contributed by atoms with Gasteiger partial charge in [-0.25, -0.2) is 0 Å². The lowest BCUT2D eigenvalue weighted by Gasteiger charge is -2.27. The summed E-state index contributed by atoms with van der Waals surface area (Å²) in [5, 5.41) is 18.1. The zero-order valence-electron chi connectivity index (χ0n) is 11.7. The smallest absolute Gasteiger partial charge is 0.141 e. The number of ether oxygens (including phenoxy) is 1. The molecule has 1 aromatic carbocycles. The molecule has 5 heteroatoms. The molecule has 1 unspecified atom stereocenters. The van der Waals surface area contributed by atoms with E-state index in [0.29, 0.717) is 24.5 Å². The van der Waals surface area contributed by atoms with Gasteiger partial charge in [0.2, 0.25) is 0 Å². The van der Waals surface area contributed by atoms with Crippen molar-refractivity contribution in [2.24, 2.45) is 0 Å². The molecule has 19 heavy (non-hydrogen) atoms. The lowest BCUT2D eigenvalue weighted by Crippen LogP contribution is -2.38. The molecular weight excluding hydrogens is 244 g/mol. The van der Waals surface area contributed by atoms with E-state index < -0.39 is 0 Å². The van der Waals surface area contributed by atoms with Crippen molar-refractivity contribution >= 4 is 5.69 Å². The van der Waals surface area contributed by atoms with Crippen molar-refractivity contribution in [2.75, 3.05) is 39.1 Å². The molecule has 0 aliphatic rings. The van der Waals surface area contributed by atoms with Crippen LogP contribution in [0.15, 0.2) is 18.2 Å². The number of hydrogen-bond donors (Lipinski definition) is 3. The molecule has 108 valence electrons. The maximum Gasteiger partial charge on any atom is 0.141 e. The minimum atomic E-state index is 0.0924. The Morgan fingerprint density at radius 3 is 2.37 bits per heavy atom. The summed E-state index contributed by atoms with van der Waals surface area (Å²) in [6.45, 7) is 3.39. The van der Waals surface area contributed by atoms with Gasteiger partial charge < -0.3 is 20.7 Å². The van der Waals surface area contributed by atoms with Gasteiger partial charge in [0, 0.05) is 19.1 Å². The van der Waals surface area contributed by atoms with Crippen molar-refractivity contribution in [3.8, 4) is 5.75 Å². The van der Waals surface area contributed by atoms with Crippen LogP contribution in [0.2, 0.25) is 0 Å². The molecular formula is C14H24N2O3. The third-order valence-corrected chi connectivity index (χ3v) is 3.22. The van der Waals surface area contributed by atoms with E-state index >= 15 is 0 Å². The fourth-order valence-corrected chi connectivity index (χ4v) is 2.19. The first-order valence-corrected chi connectivity index (χ1v) is 6.50. The molecule has 0 radical (unpaired) electrons. The highest BCUT2D eigenvalue weighted by Crippen LogP contribution is 2.23. The molecule has 0 aromatic heterocycles. The fourth-order valence-electron chi connectivity index (χ4n) is 2.19. The Labute approximate surface area is 114 Å². The predicted octanol–water partition coefficient (Wildman–Crippen LogP) is 0.495. The van der Waals surface area contributed by atoms with E-state index in [1.165, 1.54) is 0 Å². The highest BCUT2D eigenvalue weighted by molar-refractivity contribution is 5.54. The number of aliphatic hydroxyl groups is 2. The maximum atomic E-state index is 9.03. The molecule has 5 nitrogen and oxygen atoms in total. The van der Waals surface area contributed by atoms with Gasteiger partial charge >= 0.3 is 0 Å². The average Bonchev–Trinajstić information content (AvgIpc) is 2.38. The van der Waals surface area contributed by atoms with Crippen molar-refractivity contribution in [2.45, 2.75) is 19.4 Å². The second-order valence-corrected chi connectivity index (χ2v) is 4.61. The summed E-state index contributed by atoms with van der Waals surface area (Å²) >= 11 is 0. The summed E-state index contributed by atoms with van der Waals surface area (Å²) in [5.41, 5.74) is 7.63. The van der Waals surface area contributed by atoms with Gasteiger partial charge in [-0.1, -0.05) is 6.07 Å². The Bertz CT molecular complexity index is 379. The number of nitrogen functional groups attached to an aromatic ring is 1. The zero-order valence-corrected chi connectivity index (χ0v) is 11.7. The number of methoxy groups -OCH3 is 1. The van der Waals surface area contributed by atoms with Gasteiger partial charge in [0.25, 0.3) is 0 Å². The second kappa shape index (κ2) is 7.99. The Kier molecular flexibility index (Phi) is 6.62. The van der Waals surface area contributed by atoms with E-state index in [-0.39, 0.29) is 19.3 Å². The van der Waals surface area contributed by atoms with Crippen LogP contribution in [0.3, 0.4) is 0 Å². The normalized spacial score (nSPS) is 12.7. The van der Waals surface area contributed by atoms with Crippen LogP contribution in [0.5, 0.6) is 5.75 Å². The molecule has 0 heterocycles. The molecule has 0 saturated heterocycles. The molecule has 0 aliphatic heterocycles. The quantitative estimate of drug-likeness (QED) is 0.598. The number of benzene rings is 1.